The second kappa shape index (κ2) is 7.00. The first-order valence-corrected chi connectivity index (χ1v) is 10.3. The average molecular weight is 410 g/mol. The Kier molecular flexibility index (Phi) is 4.71. The molecule has 0 aromatic heterocycles. The van der Waals surface area contributed by atoms with Crippen molar-refractivity contribution in [1.82, 2.24) is 0 Å². The summed E-state index contributed by atoms with van der Waals surface area (Å²) in [6, 6.07) is 7.02. The molecule has 158 valence electrons. The van der Waals surface area contributed by atoms with Crippen LogP contribution in [0.5, 0.6) is 0 Å². The number of hydrogen-bond acceptors (Lipinski definition) is 7. The van der Waals surface area contributed by atoms with E-state index in [1.807, 2.05) is 20.8 Å². The Hall–Kier alpha value is -3.09. The molecule has 2 aliphatic heterocycles. The summed E-state index contributed by atoms with van der Waals surface area (Å²) >= 11 is 0. The second-order valence-electron chi connectivity index (χ2n) is 8.83. The summed E-state index contributed by atoms with van der Waals surface area (Å²) in [6.07, 6.45) is 2.20. The van der Waals surface area contributed by atoms with Crippen molar-refractivity contribution in [3.05, 3.63) is 52.6 Å². The molecule has 0 radical (unpaired) electrons. The third-order valence-electron chi connectivity index (χ3n) is 5.91. The largest absolute Gasteiger partial charge is 0.462 e. The highest BCUT2D eigenvalue weighted by atomic mass is 16.5. The highest BCUT2D eigenvalue weighted by molar-refractivity contribution is 6.18. The van der Waals surface area contributed by atoms with Crippen LogP contribution in [0.3, 0.4) is 0 Å². The van der Waals surface area contributed by atoms with Crippen LogP contribution in [0.15, 0.2) is 47.0 Å². The van der Waals surface area contributed by atoms with Gasteiger partial charge in [0.25, 0.3) is 0 Å². The third kappa shape index (κ3) is 2.83. The molecular formula is C23H26N2O5. The molecule has 3 aliphatic rings. The van der Waals surface area contributed by atoms with E-state index < -0.39 is 17.4 Å². The molecule has 30 heavy (non-hydrogen) atoms. The van der Waals surface area contributed by atoms with Gasteiger partial charge in [0.2, 0.25) is 0 Å². The fraction of sp³-hybridized carbons (Fsp3) is 0.435. The van der Waals surface area contributed by atoms with Gasteiger partial charge in [-0.05, 0) is 17.9 Å². The van der Waals surface area contributed by atoms with E-state index in [-0.39, 0.29) is 41.2 Å². The minimum atomic E-state index is -1.71. The van der Waals surface area contributed by atoms with E-state index in [1.165, 1.54) is 0 Å². The zero-order chi connectivity index (χ0) is 21.7. The van der Waals surface area contributed by atoms with Gasteiger partial charge in [0.15, 0.2) is 11.2 Å². The number of fused-ring (bicyclic) bond motifs is 3. The summed E-state index contributed by atoms with van der Waals surface area (Å²) in [5, 5.41) is 2.99. The van der Waals surface area contributed by atoms with Crippen LogP contribution >= 0.6 is 0 Å². The fourth-order valence-electron chi connectivity index (χ4n) is 4.64. The molecule has 0 saturated carbocycles. The third-order valence-corrected chi connectivity index (χ3v) is 5.91. The maximum atomic E-state index is 13.5. The Bertz CT molecular complexity index is 1020. The highest BCUT2D eigenvalue weighted by Crippen LogP contribution is 2.56. The molecule has 1 aromatic rings. The first-order chi connectivity index (χ1) is 14.2. The van der Waals surface area contributed by atoms with Gasteiger partial charge in [-0.25, -0.2) is 9.59 Å². The molecule has 1 spiro atoms. The summed E-state index contributed by atoms with van der Waals surface area (Å²) in [4.78, 5) is 40.0. The molecule has 2 heterocycles. The Balaban J connectivity index is 1.96. The van der Waals surface area contributed by atoms with Crippen LogP contribution in [0.2, 0.25) is 0 Å². The van der Waals surface area contributed by atoms with Crippen molar-refractivity contribution in [2.75, 3.05) is 11.9 Å². The van der Waals surface area contributed by atoms with Gasteiger partial charge in [-0.2, -0.15) is 0 Å². The van der Waals surface area contributed by atoms with Gasteiger partial charge in [-0.1, -0.05) is 45.4 Å². The van der Waals surface area contributed by atoms with E-state index in [0.717, 1.165) is 6.42 Å². The normalized spacial score (nSPS) is 24.4. The predicted molar refractivity (Wildman–Crippen MR) is 110 cm³/mol. The van der Waals surface area contributed by atoms with Crippen molar-refractivity contribution in [3.8, 4) is 0 Å². The quantitative estimate of drug-likeness (QED) is 0.580. The van der Waals surface area contributed by atoms with Crippen LogP contribution in [0.25, 0.3) is 0 Å². The minimum absolute atomic E-state index is 0.00136. The highest BCUT2D eigenvalue weighted by Gasteiger charge is 2.64. The maximum Gasteiger partial charge on any atom is 0.339 e. The summed E-state index contributed by atoms with van der Waals surface area (Å²) in [5.41, 5.74) is 5.39. The molecule has 7 heteroatoms. The number of nitrogens with two attached hydrogens (primary N) is 1. The molecule has 1 atom stereocenters. The van der Waals surface area contributed by atoms with Gasteiger partial charge in [-0.3, -0.25) is 4.79 Å². The van der Waals surface area contributed by atoms with Crippen molar-refractivity contribution in [2.45, 2.75) is 51.9 Å². The van der Waals surface area contributed by atoms with Crippen molar-refractivity contribution >= 4 is 23.4 Å². The van der Waals surface area contributed by atoms with E-state index in [2.05, 4.69) is 5.32 Å². The first kappa shape index (κ1) is 20.2. The zero-order valence-corrected chi connectivity index (χ0v) is 17.5. The molecule has 4 rings (SSSR count). The summed E-state index contributed by atoms with van der Waals surface area (Å²) < 4.78 is 11.1. The van der Waals surface area contributed by atoms with Crippen LogP contribution < -0.4 is 11.1 Å². The number of Topliss-reactive ketones (excluding diaryl/α,β-unsaturated/α-hetero) is 1. The number of carbonyl (C=O) groups excluding carboxylic acids is 3. The predicted octanol–water partition coefficient (Wildman–Crippen LogP) is 3.06. The zero-order valence-electron chi connectivity index (χ0n) is 17.5. The lowest BCUT2D eigenvalue weighted by Crippen LogP contribution is -2.48. The Morgan fingerprint density at radius 3 is 2.70 bits per heavy atom. The van der Waals surface area contributed by atoms with E-state index in [9.17, 15) is 14.4 Å². The molecule has 0 amide bonds. The van der Waals surface area contributed by atoms with Gasteiger partial charge in [-0.15, -0.1) is 0 Å². The lowest BCUT2D eigenvalue weighted by atomic mass is 9.62. The Morgan fingerprint density at radius 1 is 1.23 bits per heavy atom. The van der Waals surface area contributed by atoms with Crippen LogP contribution in [-0.2, 0) is 29.3 Å². The number of benzene rings is 1. The fourth-order valence-corrected chi connectivity index (χ4v) is 4.64. The van der Waals surface area contributed by atoms with Crippen molar-refractivity contribution in [3.63, 3.8) is 0 Å². The average Bonchev–Trinajstić information content (AvgIpc) is 2.93. The maximum absolute atomic E-state index is 13.5. The van der Waals surface area contributed by atoms with E-state index in [1.54, 1.807) is 24.3 Å². The topological polar surface area (TPSA) is 108 Å². The lowest BCUT2D eigenvalue weighted by Gasteiger charge is -2.38. The minimum Gasteiger partial charge on any atom is -0.462 e. The molecular weight excluding hydrogens is 384 g/mol. The number of rotatable bonds is 4. The van der Waals surface area contributed by atoms with Crippen LogP contribution in [-0.4, -0.2) is 24.3 Å². The van der Waals surface area contributed by atoms with Crippen molar-refractivity contribution in [1.29, 1.82) is 0 Å². The molecule has 1 unspecified atom stereocenters. The van der Waals surface area contributed by atoms with Crippen LogP contribution in [0, 0.1) is 5.41 Å². The molecule has 3 N–H and O–H groups in total. The number of unbranched alkanes of at least 4 members (excludes halogenated alkanes) is 1. The number of carbonyl (C=O) groups is 3. The molecule has 0 bridgehead atoms. The van der Waals surface area contributed by atoms with Gasteiger partial charge in [0.1, 0.15) is 17.2 Å². The summed E-state index contributed by atoms with van der Waals surface area (Å²) in [7, 11) is 0. The van der Waals surface area contributed by atoms with Gasteiger partial charge in [0, 0.05) is 24.1 Å². The molecule has 7 nitrogen and oxygen atoms in total. The number of nitrogens with one attached hydrogen (secondary N) is 1. The van der Waals surface area contributed by atoms with E-state index in [0.29, 0.717) is 29.9 Å². The second-order valence-corrected chi connectivity index (χ2v) is 8.83. The number of allylic oxidation sites excluding steroid dienone is 1. The number of ketones is 1. The monoisotopic (exact) mass is 410 g/mol. The lowest BCUT2D eigenvalue weighted by molar-refractivity contribution is -0.146. The Labute approximate surface area is 175 Å². The smallest absolute Gasteiger partial charge is 0.339 e. The SMILES string of the molecule is CCCCOC(=O)C1=C(N)Nc2ccccc2C12C(=O)OC1=C2C(=O)CC(C)(C)C1. The standard InChI is InChI=1S/C23H26N2O5/c1-4-5-10-29-20(27)18-19(24)25-14-9-7-6-8-13(14)23(18)17-15(26)11-22(2,3)12-16(17)30-21(23)28/h6-9,25H,4-5,10-12,24H2,1-3H3. The Morgan fingerprint density at radius 2 is 1.97 bits per heavy atom. The van der Waals surface area contributed by atoms with Crippen molar-refractivity contribution in [2.24, 2.45) is 11.1 Å². The van der Waals surface area contributed by atoms with E-state index in [4.69, 9.17) is 15.2 Å². The van der Waals surface area contributed by atoms with Crippen LogP contribution in [0.1, 0.15) is 52.0 Å². The van der Waals surface area contributed by atoms with E-state index >= 15 is 0 Å². The number of ether oxygens (including phenoxy) is 2. The molecule has 1 aromatic carbocycles. The molecule has 0 saturated heterocycles. The van der Waals surface area contributed by atoms with Crippen molar-refractivity contribution < 1.29 is 23.9 Å². The van der Waals surface area contributed by atoms with Gasteiger partial charge in [0.05, 0.1) is 12.2 Å². The first-order valence-electron chi connectivity index (χ1n) is 10.3. The number of esters is 2. The summed E-state index contributed by atoms with van der Waals surface area (Å²) in [6.45, 7) is 6.09. The van der Waals surface area contributed by atoms with Gasteiger partial charge < -0.3 is 20.5 Å². The molecule has 1 aliphatic carbocycles. The van der Waals surface area contributed by atoms with Crippen LogP contribution in [0.4, 0.5) is 5.69 Å². The van der Waals surface area contributed by atoms with Gasteiger partial charge >= 0.3 is 11.9 Å². The molecule has 0 fully saturated rings. The number of hydrogen-bond donors (Lipinski definition) is 2. The number of anilines is 1. The number of para-hydroxylation sites is 1. The summed E-state index contributed by atoms with van der Waals surface area (Å²) in [5.74, 6) is -1.29.